The van der Waals surface area contributed by atoms with Crippen LogP contribution in [0, 0.1) is 13.8 Å². The molecule has 0 fully saturated rings. The van der Waals surface area contributed by atoms with Crippen LogP contribution in [0.2, 0.25) is 5.16 Å². The minimum Gasteiger partial charge on any atom is -0.0669 e. The molecule has 0 aliphatic rings. The fourth-order valence-corrected chi connectivity index (χ4v) is 13.5. The highest BCUT2D eigenvalue weighted by Gasteiger charge is 2.27. The molecule has 0 N–H and O–H groups in total. The van der Waals surface area contributed by atoms with Gasteiger partial charge in [-0.1, -0.05) is 142 Å². The Morgan fingerprint density at radius 2 is 1.16 bits per heavy atom. The standard InChI is InChI=1S/C30H34Si2/c1-24-21-25(2)23-26(22-24)13-12-20-30(31-27-14-6-3-7-15-27)32(28-16-8-4-9-17-28)29-18-10-5-11-19-29/h3-11,14-19,21-23,30,32H,12-13,20,31H2,1-2H3/t30-/m1/s1. The minimum absolute atomic E-state index is 0.387. The van der Waals surface area contributed by atoms with E-state index in [0.29, 0.717) is 0 Å². The van der Waals surface area contributed by atoms with Gasteiger partial charge in [-0.3, -0.25) is 0 Å². The van der Waals surface area contributed by atoms with E-state index in [2.05, 4.69) is 123 Å². The Labute approximate surface area is 197 Å². The molecule has 1 atom stereocenters. The van der Waals surface area contributed by atoms with Gasteiger partial charge in [-0.05, 0) is 37.4 Å². The number of benzene rings is 4. The molecule has 0 aliphatic carbocycles. The summed E-state index contributed by atoms with van der Waals surface area (Å²) in [4.78, 5) is 0. The van der Waals surface area contributed by atoms with E-state index in [1.165, 1.54) is 36.0 Å². The third-order valence-electron chi connectivity index (χ3n) is 6.45. The summed E-state index contributed by atoms with van der Waals surface area (Å²) in [5.41, 5.74) is 4.27. The minimum atomic E-state index is -1.32. The third kappa shape index (κ3) is 6.18. The lowest BCUT2D eigenvalue weighted by Crippen LogP contribution is -2.49. The molecule has 0 amide bonds. The lowest BCUT2D eigenvalue weighted by Gasteiger charge is -2.27. The van der Waals surface area contributed by atoms with Crippen molar-refractivity contribution in [3.05, 3.63) is 126 Å². The van der Waals surface area contributed by atoms with Gasteiger partial charge in [0.25, 0.3) is 0 Å². The Kier molecular flexibility index (Phi) is 7.92. The largest absolute Gasteiger partial charge is 0.103 e. The number of aryl methyl sites for hydroxylation is 3. The van der Waals surface area contributed by atoms with Crippen LogP contribution in [0.1, 0.15) is 29.5 Å². The topological polar surface area (TPSA) is 0 Å². The van der Waals surface area contributed by atoms with Gasteiger partial charge < -0.3 is 0 Å². The molecule has 4 aromatic rings. The maximum Gasteiger partial charge on any atom is 0.103 e. The second-order valence-corrected chi connectivity index (χ2v) is 15.6. The number of rotatable bonds is 9. The molecule has 2 heteroatoms. The van der Waals surface area contributed by atoms with E-state index in [1.54, 1.807) is 15.6 Å². The van der Waals surface area contributed by atoms with Crippen LogP contribution in [0.4, 0.5) is 0 Å². The third-order valence-corrected chi connectivity index (χ3v) is 13.9. The molecule has 162 valence electrons. The Bertz CT molecular complexity index is 1030. The summed E-state index contributed by atoms with van der Waals surface area (Å²) in [6.07, 6.45) is 3.79. The van der Waals surface area contributed by atoms with E-state index >= 15 is 0 Å². The van der Waals surface area contributed by atoms with Crippen molar-refractivity contribution in [3.8, 4) is 0 Å². The zero-order valence-corrected chi connectivity index (χ0v) is 21.9. The van der Waals surface area contributed by atoms with Crippen molar-refractivity contribution < 1.29 is 0 Å². The van der Waals surface area contributed by atoms with Gasteiger partial charge in [0.2, 0.25) is 0 Å². The predicted octanol–water partition coefficient (Wildman–Crippen LogP) is 4.49. The lowest BCUT2D eigenvalue weighted by atomic mass is 10.0. The maximum atomic E-state index is 2.39. The van der Waals surface area contributed by atoms with Gasteiger partial charge in [-0.15, -0.1) is 0 Å². The van der Waals surface area contributed by atoms with E-state index in [4.69, 9.17) is 0 Å². The average Bonchev–Trinajstić information content (AvgIpc) is 2.81. The summed E-state index contributed by atoms with van der Waals surface area (Å²) in [5, 5.41) is 5.62. The molecule has 0 aromatic heterocycles. The van der Waals surface area contributed by atoms with Gasteiger partial charge in [0.1, 0.15) is 8.80 Å². The molecular formula is C30H34Si2. The predicted molar refractivity (Wildman–Crippen MR) is 147 cm³/mol. The van der Waals surface area contributed by atoms with Gasteiger partial charge in [0, 0.05) is 0 Å². The lowest BCUT2D eigenvalue weighted by molar-refractivity contribution is 0.765. The summed E-state index contributed by atoms with van der Waals surface area (Å²) >= 11 is 0. The molecule has 0 saturated heterocycles. The van der Waals surface area contributed by atoms with Crippen molar-refractivity contribution in [2.45, 2.75) is 38.3 Å². The van der Waals surface area contributed by atoms with Gasteiger partial charge >= 0.3 is 0 Å². The Morgan fingerprint density at radius 3 is 1.69 bits per heavy atom. The highest BCUT2D eigenvalue weighted by molar-refractivity contribution is 6.93. The van der Waals surface area contributed by atoms with Gasteiger partial charge in [0.15, 0.2) is 0 Å². The van der Waals surface area contributed by atoms with Gasteiger partial charge in [0.05, 0.1) is 9.52 Å². The average molecular weight is 451 g/mol. The van der Waals surface area contributed by atoms with Crippen LogP contribution in [-0.4, -0.2) is 18.3 Å². The zero-order valence-electron chi connectivity index (χ0n) is 19.4. The fraction of sp³-hybridized carbons (Fsp3) is 0.200. The fourth-order valence-electron chi connectivity index (χ4n) is 5.14. The second kappa shape index (κ2) is 11.3. The van der Waals surface area contributed by atoms with Crippen molar-refractivity contribution >= 4 is 33.9 Å². The van der Waals surface area contributed by atoms with Crippen molar-refractivity contribution in [2.24, 2.45) is 0 Å². The van der Waals surface area contributed by atoms with Crippen molar-refractivity contribution in [2.75, 3.05) is 0 Å². The quantitative estimate of drug-likeness (QED) is 0.330. The normalized spacial score (nSPS) is 12.5. The van der Waals surface area contributed by atoms with E-state index in [-0.39, 0.29) is 9.52 Å². The number of hydrogen-bond acceptors (Lipinski definition) is 0. The molecule has 0 saturated carbocycles. The Morgan fingerprint density at radius 1 is 0.656 bits per heavy atom. The van der Waals surface area contributed by atoms with Crippen LogP contribution >= 0.6 is 0 Å². The molecule has 0 unspecified atom stereocenters. The van der Waals surface area contributed by atoms with Crippen LogP contribution in [0.5, 0.6) is 0 Å². The molecule has 0 bridgehead atoms. The summed E-state index contributed by atoms with van der Waals surface area (Å²) in [6, 6.07) is 41.1. The first-order valence-electron chi connectivity index (χ1n) is 11.9. The summed E-state index contributed by atoms with van der Waals surface area (Å²) < 4.78 is 0. The molecule has 0 spiro atoms. The number of hydrogen-bond donors (Lipinski definition) is 0. The van der Waals surface area contributed by atoms with Crippen LogP contribution in [-0.2, 0) is 6.42 Å². The van der Waals surface area contributed by atoms with Crippen LogP contribution in [0.25, 0.3) is 0 Å². The van der Waals surface area contributed by atoms with E-state index in [9.17, 15) is 0 Å². The Hall–Kier alpha value is -2.69. The van der Waals surface area contributed by atoms with Gasteiger partial charge in [-0.25, -0.2) is 0 Å². The first-order chi connectivity index (χ1) is 15.7. The van der Waals surface area contributed by atoms with E-state index in [1.807, 2.05) is 0 Å². The first-order valence-corrected chi connectivity index (χ1v) is 15.2. The van der Waals surface area contributed by atoms with Crippen LogP contribution in [0.3, 0.4) is 0 Å². The molecular weight excluding hydrogens is 417 g/mol. The van der Waals surface area contributed by atoms with E-state index in [0.717, 1.165) is 5.16 Å². The second-order valence-electron chi connectivity index (χ2n) is 9.14. The molecule has 0 nitrogen and oxygen atoms in total. The highest BCUT2D eigenvalue weighted by Crippen LogP contribution is 2.20. The van der Waals surface area contributed by atoms with E-state index < -0.39 is 8.80 Å². The molecule has 4 rings (SSSR count). The SMILES string of the molecule is Cc1cc(C)cc(CCC[C@H]([SiH2]c2ccccc2)[SiH](c2ccccc2)c2ccccc2)c1. The molecule has 0 radical (unpaired) electrons. The molecule has 0 heterocycles. The zero-order chi connectivity index (χ0) is 22.2. The summed E-state index contributed by atoms with van der Waals surface area (Å²) in [6.45, 7) is 4.44. The highest BCUT2D eigenvalue weighted by atomic mass is 28.3. The van der Waals surface area contributed by atoms with Crippen molar-refractivity contribution in [3.63, 3.8) is 0 Å². The smallest absolute Gasteiger partial charge is 0.0669 e. The Balaban J connectivity index is 1.61. The summed E-state index contributed by atoms with van der Waals surface area (Å²) in [5.74, 6) is 0. The maximum absolute atomic E-state index is 2.39. The summed E-state index contributed by atoms with van der Waals surface area (Å²) in [7, 11) is -1.71. The van der Waals surface area contributed by atoms with Crippen molar-refractivity contribution in [1.29, 1.82) is 0 Å². The first kappa shape index (κ1) is 22.5. The van der Waals surface area contributed by atoms with Crippen LogP contribution < -0.4 is 15.6 Å². The molecule has 0 aliphatic heterocycles. The van der Waals surface area contributed by atoms with Gasteiger partial charge in [-0.2, -0.15) is 0 Å². The van der Waals surface area contributed by atoms with Crippen molar-refractivity contribution in [1.82, 2.24) is 0 Å². The molecule has 32 heavy (non-hydrogen) atoms. The molecule has 4 aromatic carbocycles. The monoisotopic (exact) mass is 450 g/mol. The van der Waals surface area contributed by atoms with Crippen LogP contribution in [0.15, 0.2) is 109 Å².